The molecular formula is C51H65Br2ClN6O11. The Labute approximate surface area is 437 Å². The minimum Gasteiger partial charge on any atom is -0.495 e. The lowest BCUT2D eigenvalue weighted by Crippen LogP contribution is -2.48. The predicted octanol–water partition coefficient (Wildman–Crippen LogP) is 8.40. The number of nitrogens with one attached hydrogen (secondary N) is 1. The highest BCUT2D eigenvalue weighted by molar-refractivity contribution is 9.09. The van der Waals surface area contributed by atoms with Crippen LogP contribution in [0.5, 0.6) is 5.75 Å². The van der Waals surface area contributed by atoms with E-state index < -0.39 is 65.5 Å². The van der Waals surface area contributed by atoms with E-state index in [1.807, 2.05) is 13.0 Å². The van der Waals surface area contributed by atoms with Gasteiger partial charge in [0.05, 0.1) is 53.3 Å². The Kier molecular flexibility index (Phi) is 20.3. The van der Waals surface area contributed by atoms with Crippen molar-refractivity contribution in [1.29, 1.82) is 0 Å². The van der Waals surface area contributed by atoms with Crippen molar-refractivity contribution in [2.45, 2.75) is 132 Å². The van der Waals surface area contributed by atoms with Gasteiger partial charge in [-0.05, 0) is 89.6 Å². The Balaban J connectivity index is 1.30. The highest BCUT2D eigenvalue weighted by atomic mass is 79.9. The number of aromatic nitrogens is 2. The second-order valence-corrected chi connectivity index (χ2v) is 20.0. The van der Waals surface area contributed by atoms with Crippen LogP contribution in [0.15, 0.2) is 59.1 Å². The number of halogens is 3. The average Bonchev–Trinajstić information content (AvgIpc) is 4.05. The predicted molar refractivity (Wildman–Crippen MR) is 279 cm³/mol. The zero-order valence-corrected chi connectivity index (χ0v) is 45.7. The summed E-state index contributed by atoms with van der Waals surface area (Å²) in [6, 6.07) is 7.71. The van der Waals surface area contributed by atoms with Gasteiger partial charge in [-0.25, -0.2) is 19.6 Å². The van der Waals surface area contributed by atoms with E-state index >= 15 is 0 Å². The molecule has 1 saturated heterocycles. The number of methoxy groups -OCH3 is 2. The second kappa shape index (κ2) is 25.2. The van der Waals surface area contributed by atoms with Gasteiger partial charge in [-0.2, -0.15) is 4.99 Å². The number of amides is 4. The normalized spacial score (nSPS) is 25.5. The van der Waals surface area contributed by atoms with E-state index in [-0.39, 0.29) is 36.1 Å². The van der Waals surface area contributed by atoms with E-state index in [4.69, 9.17) is 35.3 Å². The molecule has 1 aromatic heterocycles. The summed E-state index contributed by atoms with van der Waals surface area (Å²) in [6.07, 6.45) is 2.36. The van der Waals surface area contributed by atoms with E-state index in [9.17, 15) is 29.1 Å². The van der Waals surface area contributed by atoms with Crippen LogP contribution in [0.3, 0.4) is 0 Å². The van der Waals surface area contributed by atoms with Crippen LogP contribution in [0.1, 0.15) is 100 Å². The van der Waals surface area contributed by atoms with Crippen molar-refractivity contribution in [1.82, 2.24) is 20.2 Å². The number of carbonyl (C=O) groups is 5. The molecule has 2 aliphatic heterocycles. The first-order chi connectivity index (χ1) is 33.6. The summed E-state index contributed by atoms with van der Waals surface area (Å²) in [7, 11) is 6.01. The van der Waals surface area contributed by atoms with Crippen molar-refractivity contribution in [3.8, 4) is 5.75 Å². The number of epoxide rings is 1. The van der Waals surface area contributed by atoms with Gasteiger partial charge < -0.3 is 43.9 Å². The van der Waals surface area contributed by atoms with Gasteiger partial charge in [0.2, 0.25) is 11.8 Å². The Hall–Kier alpha value is -4.79. The number of hydrogen-bond donors (Lipinski definition) is 2. The summed E-state index contributed by atoms with van der Waals surface area (Å²) in [5.41, 5.74) is 2.57. The number of likely N-dealkylation sites (N-methyl/N-ethyl adjacent to an activating group) is 1. The van der Waals surface area contributed by atoms with Crippen molar-refractivity contribution in [2.24, 2.45) is 10.9 Å². The molecule has 1 unspecified atom stereocenters. The minimum atomic E-state index is -1.59. The molecule has 2 aromatic carbocycles. The van der Waals surface area contributed by atoms with E-state index in [2.05, 4.69) is 58.9 Å². The number of esters is 1. The fraction of sp³-hybridized carbons (Fsp3) is 0.529. The van der Waals surface area contributed by atoms with Gasteiger partial charge in [-0.3, -0.25) is 14.4 Å². The quantitative estimate of drug-likeness (QED) is 0.0482. The van der Waals surface area contributed by atoms with Crippen molar-refractivity contribution in [2.75, 3.05) is 39.8 Å². The molecule has 4 amide bonds. The largest absolute Gasteiger partial charge is 0.495 e. The number of rotatable bonds is 15. The molecule has 71 heavy (non-hydrogen) atoms. The molecule has 2 aliphatic rings. The third-order valence-electron chi connectivity index (χ3n) is 13.3. The summed E-state index contributed by atoms with van der Waals surface area (Å²) in [5.74, 6) is -2.11. The van der Waals surface area contributed by atoms with Crippen molar-refractivity contribution in [3.63, 3.8) is 0 Å². The number of fused-ring (bicyclic) bond motifs is 4. The summed E-state index contributed by atoms with van der Waals surface area (Å²) >= 11 is 13.7. The van der Waals surface area contributed by atoms with Gasteiger partial charge in [0.15, 0.2) is 0 Å². The highest BCUT2D eigenvalue weighted by Crippen LogP contribution is 2.49. The number of aliphatic hydroxyl groups is 1. The van der Waals surface area contributed by atoms with Crippen molar-refractivity contribution in [3.05, 3.63) is 81.7 Å². The molecule has 2 bridgehead atoms. The molecule has 2 N–H and O–H groups in total. The smallest absolute Gasteiger partial charge is 0.433 e. The van der Waals surface area contributed by atoms with Crippen LogP contribution in [0.25, 0.3) is 11.0 Å². The summed E-state index contributed by atoms with van der Waals surface area (Å²) in [6.45, 7) is 12.2. The molecule has 0 aliphatic carbocycles. The van der Waals surface area contributed by atoms with Crippen LogP contribution in [0, 0.1) is 5.92 Å². The van der Waals surface area contributed by atoms with Gasteiger partial charge in [-0.1, -0.05) is 80.6 Å². The molecule has 17 nitrogen and oxygen atoms in total. The lowest BCUT2D eigenvalue weighted by molar-refractivity contribution is -0.162. The Morgan fingerprint density at radius 3 is 2.41 bits per heavy atom. The molecule has 20 heteroatoms. The molecule has 1 fully saturated rings. The maximum atomic E-state index is 14.4. The first kappa shape index (κ1) is 57.1. The number of unbranched alkanes of at least 4 members (excludes halogenated alkanes) is 2. The second-order valence-electron chi connectivity index (χ2n) is 18.5. The highest BCUT2D eigenvalue weighted by Gasteiger charge is 2.64. The third-order valence-corrected chi connectivity index (χ3v) is 14.7. The van der Waals surface area contributed by atoms with Crippen LogP contribution in [-0.2, 0) is 50.4 Å². The average molecular weight is 1130 g/mol. The van der Waals surface area contributed by atoms with Gasteiger partial charge >= 0.3 is 12.1 Å². The summed E-state index contributed by atoms with van der Waals surface area (Å²) < 4.78 is 29.6. The van der Waals surface area contributed by atoms with Crippen LogP contribution < -0.4 is 15.0 Å². The number of benzene rings is 2. The van der Waals surface area contributed by atoms with Gasteiger partial charge in [-0.15, -0.1) is 0 Å². The summed E-state index contributed by atoms with van der Waals surface area (Å²) in [4.78, 5) is 83.0. The van der Waals surface area contributed by atoms with Crippen LogP contribution in [0.2, 0.25) is 5.02 Å². The zero-order valence-electron chi connectivity index (χ0n) is 41.8. The first-order valence-electron chi connectivity index (χ1n) is 23.4. The Bertz CT molecular complexity index is 2530. The molecule has 0 radical (unpaired) electrons. The minimum absolute atomic E-state index is 0.121. The number of nitrogens with zero attached hydrogens (tertiary/aromatic N) is 5. The molecule has 5 rings (SSSR count). The van der Waals surface area contributed by atoms with Gasteiger partial charge in [0.1, 0.15) is 40.7 Å². The number of alkyl halides is 2. The van der Waals surface area contributed by atoms with E-state index in [0.717, 1.165) is 22.5 Å². The number of anilines is 1. The Morgan fingerprint density at radius 2 is 1.76 bits per heavy atom. The maximum Gasteiger partial charge on any atom is 0.433 e. The lowest BCUT2D eigenvalue weighted by Gasteiger charge is -2.35. The molecule has 0 spiro atoms. The van der Waals surface area contributed by atoms with Crippen LogP contribution in [0.4, 0.5) is 10.5 Å². The van der Waals surface area contributed by atoms with E-state index in [0.29, 0.717) is 70.9 Å². The topological polar surface area (TPSA) is 212 Å². The zero-order chi connectivity index (χ0) is 52.4. The molecular weight excluding hydrogens is 1070 g/mol. The standard InChI is InChI=1S/C51H65Br2ClN6O11/c1-29-15-14-16-41(68-10)50(4,66)26-40(69-49(65)55-6)30(2)46-51(5,71-46)42(25-44(62)60(8)38-22-32(21-29)23-39(67-9)45(38)54)70-48(64)31(3)59(7)43(61)17-12-11-13-20-56-47(63)33-18-19-34-35(24-33)58-37(28-53)36(27-52)57-34/h14-16,18-19,22-24,30-31,40-42,46,66H,6,11-13,17,20-21,25-28H2,1-5,7-10H3,(H,56,63)/b16-14+,29-15+/t30-,31-,40+,41-,42+,46?,50+,51+/m1/s1. The molecule has 386 valence electrons. The molecule has 3 aromatic rings. The summed E-state index contributed by atoms with van der Waals surface area (Å²) in [5, 5.41) is 16.1. The van der Waals surface area contributed by atoms with Crippen molar-refractivity contribution >= 4 is 96.7 Å². The molecule has 8 atom stereocenters. The van der Waals surface area contributed by atoms with E-state index in [1.165, 1.54) is 38.0 Å². The number of hydrogen-bond acceptors (Lipinski definition) is 13. The van der Waals surface area contributed by atoms with Crippen LogP contribution >= 0.6 is 43.5 Å². The number of carbonyl (C=O) groups excluding carboxylic acids is 5. The van der Waals surface area contributed by atoms with Gasteiger partial charge in [0.25, 0.3) is 5.91 Å². The fourth-order valence-corrected chi connectivity index (χ4v) is 9.88. The number of ether oxygens (including phenoxy) is 5. The SMILES string of the molecule is C=NC(=O)O[C@H]1C[C@](C)(O)[C@H](OC)/C=C/C=C(\C)Cc2cc(OC)c(Cl)c(c2)N(C)C(=O)C[C@H](OC(=O)[C@@H](C)N(C)C(=O)CCCCCNC(=O)c2ccc3nc(CBr)c(CBr)nc3c2)[C@]2(C)OC2[C@@H]1C. The maximum absolute atomic E-state index is 14.4. The van der Waals surface area contributed by atoms with E-state index in [1.54, 1.807) is 70.3 Å². The fourth-order valence-electron chi connectivity index (χ4n) is 8.67. The molecule has 0 saturated carbocycles. The molecule has 3 heterocycles. The lowest BCUT2D eigenvalue weighted by atomic mass is 9.82. The first-order valence-corrected chi connectivity index (χ1v) is 26.0. The Morgan fingerprint density at radius 1 is 1.07 bits per heavy atom. The third kappa shape index (κ3) is 14.3. The monoisotopic (exact) mass is 1130 g/mol. The number of aliphatic imine (C=N–C) groups is 1. The van der Waals surface area contributed by atoms with Crippen LogP contribution in [-0.4, -0.2) is 133 Å². The van der Waals surface area contributed by atoms with Crippen molar-refractivity contribution < 1.29 is 52.8 Å². The van der Waals surface area contributed by atoms with Gasteiger partial charge in [0, 0.05) is 62.7 Å². The number of allylic oxidation sites excluding steroid dienone is 3.